The van der Waals surface area contributed by atoms with Crippen LogP contribution in [-0.2, 0) is 4.79 Å². The number of amides is 1. The summed E-state index contributed by atoms with van der Waals surface area (Å²) in [7, 11) is 1.81. The minimum absolute atomic E-state index is 0.0910. The van der Waals surface area contributed by atoms with Crippen LogP contribution in [0.1, 0.15) is 19.8 Å². The van der Waals surface area contributed by atoms with Crippen LogP contribution < -0.4 is 10.6 Å². The molecule has 1 amide bonds. The van der Waals surface area contributed by atoms with E-state index in [4.69, 9.17) is 0 Å². The lowest BCUT2D eigenvalue weighted by atomic mass is 10.2. The topological polar surface area (TPSA) is 98.8 Å². The molecule has 1 fully saturated rings. The zero-order chi connectivity index (χ0) is 14.8. The van der Waals surface area contributed by atoms with Crippen molar-refractivity contribution < 1.29 is 4.79 Å². The average Bonchev–Trinajstić information content (AvgIpc) is 3.07. The number of nitrogens with one attached hydrogen (secondary N) is 3. The quantitative estimate of drug-likeness (QED) is 0.753. The molecule has 0 spiro atoms. The summed E-state index contributed by atoms with van der Waals surface area (Å²) >= 11 is 0. The molecule has 112 valence electrons. The van der Waals surface area contributed by atoms with Crippen molar-refractivity contribution in [3.05, 3.63) is 6.20 Å². The highest BCUT2D eigenvalue weighted by Crippen LogP contribution is 2.23. The molecule has 8 nitrogen and oxygen atoms in total. The van der Waals surface area contributed by atoms with Gasteiger partial charge in [-0.3, -0.25) is 9.89 Å². The molecule has 2 aromatic rings. The molecule has 0 aromatic carbocycles. The van der Waals surface area contributed by atoms with Gasteiger partial charge in [0.15, 0.2) is 5.65 Å². The number of hydrogen-bond donors (Lipinski definition) is 3. The van der Waals surface area contributed by atoms with E-state index in [1.165, 1.54) is 0 Å². The largest absolute Gasteiger partial charge is 0.358 e. The number of aromatic nitrogens is 4. The summed E-state index contributed by atoms with van der Waals surface area (Å²) in [5.41, 5.74) is 0.657. The van der Waals surface area contributed by atoms with E-state index in [1.54, 1.807) is 11.1 Å². The Hall–Kier alpha value is -2.38. The van der Waals surface area contributed by atoms with Crippen molar-refractivity contribution in [3.63, 3.8) is 0 Å². The smallest absolute Gasteiger partial charge is 0.244 e. The Morgan fingerprint density at radius 2 is 2.33 bits per heavy atom. The van der Waals surface area contributed by atoms with Crippen molar-refractivity contribution in [1.82, 2.24) is 25.1 Å². The van der Waals surface area contributed by atoms with Gasteiger partial charge in [-0.05, 0) is 12.8 Å². The van der Waals surface area contributed by atoms with Crippen LogP contribution in [0.25, 0.3) is 11.0 Å². The van der Waals surface area contributed by atoms with Gasteiger partial charge in [-0.2, -0.15) is 15.1 Å². The molecule has 1 saturated heterocycles. The molecule has 1 atom stereocenters. The molecule has 2 aromatic heterocycles. The van der Waals surface area contributed by atoms with Crippen LogP contribution in [0.2, 0.25) is 0 Å². The molecule has 3 heterocycles. The van der Waals surface area contributed by atoms with E-state index in [-0.39, 0.29) is 11.9 Å². The monoisotopic (exact) mass is 289 g/mol. The van der Waals surface area contributed by atoms with E-state index < -0.39 is 0 Å². The molecule has 1 unspecified atom stereocenters. The number of carbonyl (C=O) groups is 1. The number of hydrogen-bond acceptors (Lipinski definition) is 6. The highest BCUT2D eigenvalue weighted by molar-refractivity contribution is 5.91. The summed E-state index contributed by atoms with van der Waals surface area (Å²) in [4.78, 5) is 22.6. The Morgan fingerprint density at radius 1 is 1.48 bits per heavy atom. The van der Waals surface area contributed by atoms with E-state index in [0.717, 1.165) is 31.3 Å². The zero-order valence-corrected chi connectivity index (χ0v) is 12.2. The first-order valence-electron chi connectivity index (χ1n) is 7.15. The van der Waals surface area contributed by atoms with Gasteiger partial charge in [0.05, 0.1) is 11.6 Å². The molecular weight excluding hydrogens is 270 g/mol. The summed E-state index contributed by atoms with van der Waals surface area (Å²) in [5.74, 6) is 1.27. The van der Waals surface area contributed by atoms with Gasteiger partial charge in [-0.15, -0.1) is 0 Å². The lowest BCUT2D eigenvalue weighted by Crippen LogP contribution is -2.31. The van der Waals surface area contributed by atoms with Crippen molar-refractivity contribution in [2.45, 2.75) is 25.8 Å². The van der Waals surface area contributed by atoms with Gasteiger partial charge in [0.2, 0.25) is 11.9 Å². The van der Waals surface area contributed by atoms with Crippen LogP contribution in [0, 0.1) is 0 Å². The van der Waals surface area contributed by atoms with E-state index >= 15 is 0 Å². The SMILES string of the molecule is CCCNc1nc(NC2CCN(C)C2=O)c2cn[nH]c2n1. The predicted molar refractivity (Wildman–Crippen MR) is 80.1 cm³/mol. The maximum atomic E-state index is 12.0. The Bertz CT molecular complexity index is 653. The molecule has 0 aliphatic carbocycles. The van der Waals surface area contributed by atoms with Crippen LogP contribution in [0.4, 0.5) is 11.8 Å². The molecule has 21 heavy (non-hydrogen) atoms. The van der Waals surface area contributed by atoms with Gasteiger partial charge in [0.25, 0.3) is 0 Å². The van der Waals surface area contributed by atoms with Crippen molar-refractivity contribution in [2.24, 2.45) is 0 Å². The number of likely N-dealkylation sites (tertiary alicyclic amines) is 1. The molecule has 0 radical (unpaired) electrons. The number of likely N-dealkylation sites (N-methyl/N-ethyl adjacent to an activating group) is 1. The van der Waals surface area contributed by atoms with Crippen LogP contribution in [-0.4, -0.2) is 57.2 Å². The predicted octanol–water partition coefficient (Wildman–Crippen LogP) is 0.817. The van der Waals surface area contributed by atoms with Gasteiger partial charge in [-0.1, -0.05) is 6.92 Å². The summed E-state index contributed by atoms with van der Waals surface area (Å²) < 4.78 is 0. The third-order valence-electron chi connectivity index (χ3n) is 3.58. The van der Waals surface area contributed by atoms with Crippen molar-refractivity contribution >= 4 is 28.7 Å². The molecule has 8 heteroatoms. The number of aromatic amines is 1. The fourth-order valence-corrected chi connectivity index (χ4v) is 2.38. The van der Waals surface area contributed by atoms with Crippen LogP contribution >= 0.6 is 0 Å². The van der Waals surface area contributed by atoms with E-state index in [0.29, 0.717) is 17.4 Å². The van der Waals surface area contributed by atoms with E-state index in [9.17, 15) is 4.79 Å². The van der Waals surface area contributed by atoms with Crippen LogP contribution in [0.3, 0.4) is 0 Å². The minimum Gasteiger partial charge on any atom is -0.358 e. The van der Waals surface area contributed by atoms with E-state index in [2.05, 4.69) is 37.7 Å². The molecular formula is C13H19N7O. The van der Waals surface area contributed by atoms with E-state index in [1.807, 2.05) is 7.05 Å². The third kappa shape index (κ3) is 2.61. The Balaban J connectivity index is 1.89. The summed E-state index contributed by atoms with van der Waals surface area (Å²) in [6.45, 7) is 3.63. The molecule has 3 rings (SSSR count). The standard InChI is InChI=1S/C13H19N7O/c1-3-5-14-13-17-10(8-7-15-19-11(8)18-13)16-9-4-6-20(2)12(9)21/h7,9H,3-6H2,1-2H3,(H3,14,15,16,17,18,19). The number of rotatable bonds is 5. The Kier molecular flexibility index (Phi) is 3.59. The van der Waals surface area contributed by atoms with Gasteiger partial charge in [0, 0.05) is 20.1 Å². The molecule has 3 N–H and O–H groups in total. The lowest BCUT2D eigenvalue weighted by molar-refractivity contribution is -0.127. The van der Waals surface area contributed by atoms with Crippen LogP contribution in [0.15, 0.2) is 6.20 Å². The Labute approximate surface area is 122 Å². The fraction of sp³-hybridized carbons (Fsp3) is 0.538. The number of H-pyrrole nitrogens is 1. The number of carbonyl (C=O) groups excluding carboxylic acids is 1. The minimum atomic E-state index is -0.234. The van der Waals surface area contributed by atoms with Gasteiger partial charge < -0.3 is 15.5 Å². The fourth-order valence-electron chi connectivity index (χ4n) is 2.38. The second kappa shape index (κ2) is 5.55. The van der Waals surface area contributed by atoms with Crippen molar-refractivity contribution in [2.75, 3.05) is 30.8 Å². The van der Waals surface area contributed by atoms with Gasteiger partial charge >= 0.3 is 0 Å². The lowest BCUT2D eigenvalue weighted by Gasteiger charge is -2.14. The number of fused-ring (bicyclic) bond motifs is 1. The number of nitrogens with zero attached hydrogens (tertiary/aromatic N) is 4. The summed E-state index contributed by atoms with van der Waals surface area (Å²) in [6, 6.07) is -0.234. The normalized spacial score (nSPS) is 18.5. The molecule has 0 bridgehead atoms. The van der Waals surface area contributed by atoms with Crippen molar-refractivity contribution in [1.29, 1.82) is 0 Å². The summed E-state index contributed by atoms with van der Waals surface area (Å²) in [5, 5.41) is 14.0. The molecule has 0 saturated carbocycles. The maximum Gasteiger partial charge on any atom is 0.244 e. The number of anilines is 2. The second-order valence-corrected chi connectivity index (χ2v) is 5.20. The van der Waals surface area contributed by atoms with Crippen molar-refractivity contribution in [3.8, 4) is 0 Å². The highest BCUT2D eigenvalue weighted by Gasteiger charge is 2.29. The second-order valence-electron chi connectivity index (χ2n) is 5.20. The van der Waals surface area contributed by atoms with Gasteiger partial charge in [-0.25, -0.2) is 0 Å². The summed E-state index contributed by atoms with van der Waals surface area (Å²) in [6.07, 6.45) is 3.43. The molecule has 1 aliphatic heterocycles. The zero-order valence-electron chi connectivity index (χ0n) is 12.2. The third-order valence-corrected chi connectivity index (χ3v) is 3.58. The first kappa shape index (κ1) is 13.6. The first-order chi connectivity index (χ1) is 10.2. The first-order valence-corrected chi connectivity index (χ1v) is 7.15. The average molecular weight is 289 g/mol. The highest BCUT2D eigenvalue weighted by atomic mass is 16.2. The molecule has 1 aliphatic rings. The van der Waals surface area contributed by atoms with Crippen LogP contribution in [0.5, 0.6) is 0 Å². The maximum absolute atomic E-state index is 12.0. The van der Waals surface area contributed by atoms with Gasteiger partial charge in [0.1, 0.15) is 11.9 Å². The Morgan fingerprint density at radius 3 is 3.05 bits per heavy atom.